The molecule has 0 unspecified atom stereocenters. The largest absolute Gasteiger partial charge is 0.497 e. The molecule has 1 atom stereocenters. The second kappa shape index (κ2) is 12.7. The van der Waals surface area contributed by atoms with E-state index < -0.39 is 23.8 Å². The molecule has 3 aromatic rings. The molecule has 202 valence electrons. The van der Waals surface area contributed by atoms with Crippen molar-refractivity contribution >= 4 is 40.6 Å². The van der Waals surface area contributed by atoms with Gasteiger partial charge in [0, 0.05) is 19.7 Å². The van der Waals surface area contributed by atoms with Crippen LogP contribution in [0.3, 0.4) is 0 Å². The lowest BCUT2D eigenvalue weighted by Crippen LogP contribution is -2.45. The van der Waals surface area contributed by atoms with Gasteiger partial charge in [0.2, 0.25) is 5.91 Å². The van der Waals surface area contributed by atoms with Crippen LogP contribution in [-0.4, -0.2) is 63.7 Å². The number of nitrogens with zero attached hydrogens (tertiary/aromatic N) is 2. The molecule has 0 radical (unpaired) electrons. The highest BCUT2D eigenvalue weighted by Crippen LogP contribution is 2.40. The SMILES string of the molecule is COCCNC(=O)[C@@H](c1ccc(OC)cc1)N(C(=O)c1snc(C(N)=O)c1N)c1ccc(OC)cc1OC. The Labute approximate surface area is 223 Å². The topological polar surface area (TPSA) is 168 Å². The number of aromatic nitrogens is 1. The molecule has 0 bridgehead atoms. The van der Waals surface area contributed by atoms with Crippen LogP contribution in [0.2, 0.25) is 0 Å². The number of benzene rings is 2. The Morgan fingerprint density at radius 2 is 1.66 bits per heavy atom. The van der Waals surface area contributed by atoms with E-state index in [0.717, 1.165) is 0 Å². The van der Waals surface area contributed by atoms with E-state index in [-0.39, 0.29) is 40.8 Å². The molecule has 1 heterocycles. The summed E-state index contributed by atoms with van der Waals surface area (Å²) >= 11 is 0.704. The number of nitrogens with one attached hydrogen (secondary N) is 1. The lowest BCUT2D eigenvalue weighted by atomic mass is 10.0. The van der Waals surface area contributed by atoms with Gasteiger partial charge in [-0.3, -0.25) is 19.3 Å². The van der Waals surface area contributed by atoms with Gasteiger partial charge in [0.15, 0.2) is 5.69 Å². The first-order chi connectivity index (χ1) is 18.3. The quantitative estimate of drug-likeness (QED) is 0.289. The van der Waals surface area contributed by atoms with Gasteiger partial charge in [-0.25, -0.2) is 0 Å². The van der Waals surface area contributed by atoms with E-state index in [1.165, 1.54) is 33.3 Å². The van der Waals surface area contributed by atoms with Crippen LogP contribution in [-0.2, 0) is 9.53 Å². The number of nitrogen functional groups attached to an aromatic ring is 1. The van der Waals surface area contributed by atoms with Crippen LogP contribution >= 0.6 is 11.5 Å². The van der Waals surface area contributed by atoms with Gasteiger partial charge in [-0.05, 0) is 41.4 Å². The maximum Gasteiger partial charge on any atom is 0.273 e. The van der Waals surface area contributed by atoms with Gasteiger partial charge in [-0.1, -0.05) is 12.1 Å². The van der Waals surface area contributed by atoms with Crippen molar-refractivity contribution in [3.05, 3.63) is 58.6 Å². The first-order valence-electron chi connectivity index (χ1n) is 11.3. The van der Waals surface area contributed by atoms with E-state index in [0.29, 0.717) is 28.6 Å². The Hall–Kier alpha value is -4.36. The molecule has 13 heteroatoms. The second-order valence-electron chi connectivity index (χ2n) is 7.81. The molecule has 0 aliphatic rings. The van der Waals surface area contributed by atoms with Crippen LogP contribution in [0.25, 0.3) is 0 Å². The molecule has 1 aromatic heterocycles. The number of nitrogens with two attached hydrogens (primary N) is 2. The van der Waals surface area contributed by atoms with E-state index >= 15 is 0 Å². The van der Waals surface area contributed by atoms with Crippen molar-refractivity contribution in [2.75, 3.05) is 52.2 Å². The summed E-state index contributed by atoms with van der Waals surface area (Å²) in [5, 5.41) is 2.79. The Kier molecular flexibility index (Phi) is 9.46. The highest BCUT2D eigenvalue weighted by Gasteiger charge is 2.37. The number of carbonyl (C=O) groups is 3. The summed E-state index contributed by atoms with van der Waals surface area (Å²) in [6.07, 6.45) is 0. The third kappa shape index (κ3) is 5.95. The fraction of sp³-hybridized carbons (Fsp3) is 0.280. The maximum atomic E-state index is 14.1. The number of hydrogen-bond acceptors (Lipinski definition) is 10. The fourth-order valence-corrected chi connectivity index (χ4v) is 4.41. The number of carbonyl (C=O) groups excluding carboxylic acids is 3. The van der Waals surface area contributed by atoms with Crippen molar-refractivity contribution in [1.82, 2.24) is 9.69 Å². The number of hydrogen-bond donors (Lipinski definition) is 3. The van der Waals surface area contributed by atoms with Crippen LogP contribution in [0, 0.1) is 0 Å². The number of primary amides is 1. The lowest BCUT2D eigenvalue weighted by molar-refractivity contribution is -0.122. The van der Waals surface area contributed by atoms with E-state index in [9.17, 15) is 14.4 Å². The van der Waals surface area contributed by atoms with E-state index in [1.807, 2.05) is 0 Å². The molecule has 0 saturated carbocycles. The summed E-state index contributed by atoms with van der Waals surface area (Å²) in [6.45, 7) is 0.447. The molecule has 12 nitrogen and oxygen atoms in total. The van der Waals surface area contributed by atoms with Crippen molar-refractivity contribution in [3.63, 3.8) is 0 Å². The predicted octanol–water partition coefficient (Wildman–Crippen LogP) is 2.00. The van der Waals surface area contributed by atoms with Gasteiger partial charge in [-0.15, -0.1) is 0 Å². The summed E-state index contributed by atoms with van der Waals surface area (Å²) in [5.74, 6) is -0.799. The predicted molar refractivity (Wildman–Crippen MR) is 142 cm³/mol. The molecule has 0 aliphatic carbocycles. The molecule has 0 fully saturated rings. The summed E-state index contributed by atoms with van der Waals surface area (Å²) in [6, 6.07) is 10.3. The minimum atomic E-state index is -1.20. The first kappa shape index (κ1) is 28.2. The van der Waals surface area contributed by atoms with Crippen LogP contribution in [0.15, 0.2) is 42.5 Å². The average Bonchev–Trinajstić information content (AvgIpc) is 3.32. The highest BCUT2D eigenvalue weighted by molar-refractivity contribution is 7.09. The smallest absolute Gasteiger partial charge is 0.273 e. The summed E-state index contributed by atoms with van der Waals surface area (Å²) in [7, 11) is 5.94. The van der Waals surface area contributed by atoms with Gasteiger partial charge >= 0.3 is 0 Å². The van der Waals surface area contributed by atoms with Gasteiger partial charge in [0.05, 0.1) is 39.3 Å². The minimum absolute atomic E-state index is 0.0696. The number of methoxy groups -OCH3 is 4. The normalized spacial score (nSPS) is 11.4. The zero-order valence-corrected chi connectivity index (χ0v) is 22.2. The third-order valence-corrected chi connectivity index (χ3v) is 6.42. The van der Waals surface area contributed by atoms with Crippen molar-refractivity contribution < 1.29 is 33.3 Å². The molecule has 3 amide bonds. The van der Waals surface area contributed by atoms with Gasteiger partial charge in [0.1, 0.15) is 28.2 Å². The van der Waals surface area contributed by atoms with Gasteiger partial charge < -0.3 is 35.7 Å². The Morgan fingerprint density at radius 3 is 2.21 bits per heavy atom. The lowest BCUT2D eigenvalue weighted by Gasteiger charge is -2.32. The summed E-state index contributed by atoms with van der Waals surface area (Å²) in [4.78, 5) is 40.8. The van der Waals surface area contributed by atoms with Crippen molar-refractivity contribution in [3.8, 4) is 17.2 Å². The van der Waals surface area contributed by atoms with Crippen molar-refractivity contribution in [1.29, 1.82) is 0 Å². The molecule has 2 aromatic carbocycles. The van der Waals surface area contributed by atoms with Crippen LogP contribution in [0.4, 0.5) is 11.4 Å². The van der Waals surface area contributed by atoms with Crippen LogP contribution in [0.1, 0.15) is 31.8 Å². The van der Waals surface area contributed by atoms with Crippen LogP contribution in [0.5, 0.6) is 17.2 Å². The zero-order chi connectivity index (χ0) is 27.8. The maximum absolute atomic E-state index is 14.1. The number of ether oxygens (including phenoxy) is 4. The Balaban J connectivity index is 2.26. The van der Waals surface area contributed by atoms with E-state index in [4.69, 9.17) is 30.4 Å². The summed E-state index contributed by atoms with van der Waals surface area (Å²) < 4.78 is 25.1. The molecule has 3 rings (SSSR count). The molecule has 5 N–H and O–H groups in total. The molecule has 0 spiro atoms. The Bertz CT molecular complexity index is 1300. The van der Waals surface area contributed by atoms with E-state index in [1.54, 1.807) is 42.5 Å². The third-order valence-electron chi connectivity index (χ3n) is 5.56. The first-order valence-corrected chi connectivity index (χ1v) is 12.1. The second-order valence-corrected chi connectivity index (χ2v) is 8.58. The molecular weight excluding hydrogens is 514 g/mol. The average molecular weight is 544 g/mol. The van der Waals surface area contributed by atoms with Gasteiger partial charge in [-0.2, -0.15) is 4.37 Å². The standard InChI is InChI=1S/C25H29N5O7S/c1-34-12-11-28-24(32)21(14-5-7-15(35-2)8-6-14)30(17-10-9-16(36-3)13-18(17)37-4)25(33)22-19(26)20(23(27)31)29-38-22/h5-10,13,21H,11-12,26H2,1-4H3,(H2,27,31)(H,28,32)/t21-/m1/s1. The number of anilines is 2. The minimum Gasteiger partial charge on any atom is -0.497 e. The van der Waals surface area contributed by atoms with Crippen LogP contribution < -0.4 is 35.9 Å². The van der Waals surface area contributed by atoms with E-state index in [2.05, 4.69) is 9.69 Å². The van der Waals surface area contributed by atoms with Gasteiger partial charge in [0.25, 0.3) is 11.8 Å². The fourth-order valence-electron chi connectivity index (χ4n) is 3.67. The molecule has 38 heavy (non-hydrogen) atoms. The number of rotatable bonds is 12. The summed E-state index contributed by atoms with van der Waals surface area (Å²) in [5.41, 5.74) is 11.8. The molecule has 0 saturated heterocycles. The monoisotopic (exact) mass is 543 g/mol. The van der Waals surface area contributed by atoms with Crippen molar-refractivity contribution in [2.24, 2.45) is 5.73 Å². The van der Waals surface area contributed by atoms with Crippen molar-refractivity contribution in [2.45, 2.75) is 6.04 Å². The highest BCUT2D eigenvalue weighted by atomic mass is 32.1. The Morgan fingerprint density at radius 1 is 1.00 bits per heavy atom. The zero-order valence-electron chi connectivity index (χ0n) is 21.3. The number of amides is 3. The molecule has 0 aliphatic heterocycles. The molecular formula is C25H29N5O7S.